The highest BCUT2D eigenvalue weighted by Gasteiger charge is 2.28. The summed E-state index contributed by atoms with van der Waals surface area (Å²) in [5, 5.41) is 0. The van der Waals surface area contributed by atoms with Crippen LogP contribution in [0.2, 0.25) is 0 Å². The molecule has 86 valence electrons. The average Bonchev–Trinajstić information content (AvgIpc) is 2.73. The summed E-state index contributed by atoms with van der Waals surface area (Å²) in [4.78, 5) is 13.2. The van der Waals surface area contributed by atoms with E-state index in [9.17, 15) is 4.79 Å². The Bertz CT molecular complexity index is 376. The van der Waals surface area contributed by atoms with Gasteiger partial charge >= 0.3 is 0 Å². The highest BCUT2D eigenvalue weighted by molar-refractivity contribution is 7.99. The maximum atomic E-state index is 11.9. The molecule has 3 heteroatoms. The van der Waals surface area contributed by atoms with E-state index < -0.39 is 0 Å². The summed E-state index contributed by atoms with van der Waals surface area (Å²) in [7, 11) is 0. The van der Waals surface area contributed by atoms with E-state index in [0.717, 1.165) is 12.2 Å². The molecule has 1 aliphatic heterocycles. The van der Waals surface area contributed by atoms with Crippen LogP contribution in [0.15, 0.2) is 29.2 Å². The van der Waals surface area contributed by atoms with Crippen molar-refractivity contribution in [2.75, 3.05) is 19.0 Å². The van der Waals surface area contributed by atoms with Gasteiger partial charge in [0.25, 0.3) is 0 Å². The predicted octanol–water partition coefficient (Wildman–Crippen LogP) is 2.87. The second-order valence-corrected chi connectivity index (χ2v) is 4.98. The normalized spacial score (nSPS) is 18.4. The highest BCUT2D eigenvalue weighted by Crippen LogP contribution is 2.39. The number of hydrogen-bond donors (Lipinski definition) is 0. The van der Waals surface area contributed by atoms with E-state index in [-0.39, 0.29) is 18.3 Å². The Labute approximate surface area is 100 Å². The number of ether oxygens (including phenoxy) is 1. The van der Waals surface area contributed by atoms with Gasteiger partial charge in [-0.05, 0) is 18.1 Å². The van der Waals surface area contributed by atoms with Gasteiger partial charge in [0, 0.05) is 17.3 Å². The van der Waals surface area contributed by atoms with Gasteiger partial charge in [0.15, 0.2) is 5.78 Å². The van der Waals surface area contributed by atoms with Crippen molar-refractivity contribution in [2.45, 2.75) is 24.2 Å². The Hall–Kier alpha value is -0.800. The Balaban J connectivity index is 1.99. The van der Waals surface area contributed by atoms with Gasteiger partial charge in [-0.25, -0.2) is 0 Å². The summed E-state index contributed by atoms with van der Waals surface area (Å²) in [6.45, 7) is 2.98. The molecule has 2 rings (SSSR count). The van der Waals surface area contributed by atoms with Gasteiger partial charge in [0.2, 0.25) is 0 Å². The van der Waals surface area contributed by atoms with Gasteiger partial charge in [-0.1, -0.05) is 25.1 Å². The molecule has 0 amide bonds. The third-order valence-electron chi connectivity index (χ3n) is 2.68. The topological polar surface area (TPSA) is 26.3 Å². The van der Waals surface area contributed by atoms with Crippen LogP contribution in [0.25, 0.3) is 0 Å². The number of carbonyl (C=O) groups excluding carboxylic acids is 1. The Kier molecular flexibility index (Phi) is 4.02. The largest absolute Gasteiger partial charge is 0.374 e. The zero-order valence-electron chi connectivity index (χ0n) is 9.44. The molecular formula is C13H16O2S. The van der Waals surface area contributed by atoms with Crippen molar-refractivity contribution >= 4 is 17.5 Å². The molecule has 1 atom stereocenters. The third kappa shape index (κ3) is 2.47. The van der Waals surface area contributed by atoms with Gasteiger partial charge in [-0.15, -0.1) is 11.8 Å². The van der Waals surface area contributed by atoms with E-state index in [1.807, 2.05) is 19.1 Å². The number of rotatable bonds is 5. The standard InChI is InChI=1S/C13H16O2S/c1-2-7-15-8-12(14)11-9-16-13-6-4-3-5-10(11)13/h3-6,11H,2,7-9H2,1H3. The minimum absolute atomic E-state index is 0.0399. The minimum Gasteiger partial charge on any atom is -0.374 e. The second kappa shape index (κ2) is 5.51. The molecule has 0 N–H and O–H groups in total. The lowest BCUT2D eigenvalue weighted by molar-refractivity contribution is -0.124. The van der Waals surface area contributed by atoms with E-state index in [2.05, 4.69) is 12.1 Å². The highest BCUT2D eigenvalue weighted by atomic mass is 32.2. The van der Waals surface area contributed by atoms with Crippen molar-refractivity contribution in [3.63, 3.8) is 0 Å². The molecule has 0 saturated carbocycles. The minimum atomic E-state index is 0.0399. The number of hydrogen-bond acceptors (Lipinski definition) is 3. The molecule has 1 aromatic carbocycles. The van der Waals surface area contributed by atoms with Gasteiger partial charge in [-0.3, -0.25) is 4.79 Å². The van der Waals surface area contributed by atoms with Gasteiger partial charge < -0.3 is 4.74 Å². The maximum absolute atomic E-state index is 11.9. The number of Topliss-reactive ketones (excluding diaryl/α,β-unsaturated/α-hetero) is 1. The van der Waals surface area contributed by atoms with Gasteiger partial charge in [0.1, 0.15) is 6.61 Å². The molecule has 2 nitrogen and oxygen atoms in total. The van der Waals surface area contributed by atoms with E-state index >= 15 is 0 Å². The van der Waals surface area contributed by atoms with Crippen LogP contribution in [0.5, 0.6) is 0 Å². The van der Waals surface area contributed by atoms with Gasteiger partial charge in [-0.2, -0.15) is 0 Å². The first kappa shape index (κ1) is 11.7. The van der Waals surface area contributed by atoms with Crippen molar-refractivity contribution in [3.8, 4) is 0 Å². The summed E-state index contributed by atoms with van der Waals surface area (Å²) in [5.41, 5.74) is 1.18. The summed E-state index contributed by atoms with van der Waals surface area (Å²) in [6.07, 6.45) is 0.962. The Morgan fingerprint density at radius 2 is 2.31 bits per heavy atom. The van der Waals surface area contributed by atoms with E-state index in [0.29, 0.717) is 6.61 Å². The van der Waals surface area contributed by atoms with Crippen molar-refractivity contribution in [2.24, 2.45) is 0 Å². The molecule has 1 aliphatic rings. The van der Waals surface area contributed by atoms with Crippen LogP contribution in [-0.2, 0) is 9.53 Å². The molecule has 0 spiro atoms. The lowest BCUT2D eigenvalue weighted by atomic mass is 9.97. The molecule has 1 heterocycles. The third-order valence-corrected chi connectivity index (χ3v) is 3.86. The molecule has 1 unspecified atom stereocenters. The average molecular weight is 236 g/mol. The molecule has 16 heavy (non-hydrogen) atoms. The fraction of sp³-hybridized carbons (Fsp3) is 0.462. The first-order chi connectivity index (χ1) is 7.83. The Morgan fingerprint density at radius 3 is 3.12 bits per heavy atom. The number of ketones is 1. The van der Waals surface area contributed by atoms with Crippen LogP contribution in [-0.4, -0.2) is 24.7 Å². The van der Waals surface area contributed by atoms with E-state index in [1.54, 1.807) is 11.8 Å². The fourth-order valence-corrected chi connectivity index (χ4v) is 3.11. The zero-order chi connectivity index (χ0) is 11.4. The van der Waals surface area contributed by atoms with Crippen LogP contribution in [0.3, 0.4) is 0 Å². The van der Waals surface area contributed by atoms with Crippen molar-refractivity contribution < 1.29 is 9.53 Å². The summed E-state index contributed by atoms with van der Waals surface area (Å²) in [5.74, 6) is 1.12. The molecule has 0 saturated heterocycles. The van der Waals surface area contributed by atoms with Crippen molar-refractivity contribution in [1.82, 2.24) is 0 Å². The van der Waals surface area contributed by atoms with Crippen LogP contribution >= 0.6 is 11.8 Å². The van der Waals surface area contributed by atoms with Crippen LogP contribution in [0.4, 0.5) is 0 Å². The molecule has 0 aliphatic carbocycles. The lowest BCUT2D eigenvalue weighted by Gasteiger charge is -2.09. The summed E-state index contributed by atoms with van der Waals surface area (Å²) in [6, 6.07) is 8.15. The smallest absolute Gasteiger partial charge is 0.166 e. The van der Waals surface area contributed by atoms with Crippen LogP contribution in [0, 0.1) is 0 Å². The van der Waals surface area contributed by atoms with E-state index in [4.69, 9.17) is 4.74 Å². The van der Waals surface area contributed by atoms with Crippen molar-refractivity contribution in [3.05, 3.63) is 29.8 Å². The van der Waals surface area contributed by atoms with Crippen LogP contribution < -0.4 is 0 Å². The quantitative estimate of drug-likeness (QED) is 0.735. The maximum Gasteiger partial charge on any atom is 0.166 e. The lowest BCUT2D eigenvalue weighted by Crippen LogP contribution is -2.18. The SMILES string of the molecule is CCCOCC(=O)C1CSc2ccccc21. The summed E-state index contributed by atoms with van der Waals surface area (Å²) < 4.78 is 5.31. The summed E-state index contributed by atoms with van der Waals surface area (Å²) >= 11 is 1.77. The number of fused-ring (bicyclic) bond motifs is 1. The van der Waals surface area contributed by atoms with Crippen molar-refractivity contribution in [1.29, 1.82) is 0 Å². The molecule has 1 aromatic rings. The number of benzene rings is 1. The molecule has 0 bridgehead atoms. The molecular weight excluding hydrogens is 220 g/mol. The first-order valence-corrected chi connectivity index (χ1v) is 6.63. The number of thioether (sulfide) groups is 1. The number of carbonyl (C=O) groups is 1. The fourth-order valence-electron chi connectivity index (χ4n) is 1.85. The van der Waals surface area contributed by atoms with Crippen LogP contribution in [0.1, 0.15) is 24.8 Å². The second-order valence-electron chi connectivity index (χ2n) is 3.92. The molecule has 0 radical (unpaired) electrons. The zero-order valence-corrected chi connectivity index (χ0v) is 10.3. The monoisotopic (exact) mass is 236 g/mol. The Morgan fingerprint density at radius 1 is 1.50 bits per heavy atom. The van der Waals surface area contributed by atoms with E-state index in [1.165, 1.54) is 10.5 Å². The van der Waals surface area contributed by atoms with Gasteiger partial charge in [0.05, 0.1) is 5.92 Å². The first-order valence-electron chi connectivity index (χ1n) is 5.65. The molecule has 0 fully saturated rings. The molecule has 0 aromatic heterocycles. The predicted molar refractivity (Wildman–Crippen MR) is 66.0 cm³/mol.